The third kappa shape index (κ3) is 3.18. The fraction of sp³-hybridized carbons (Fsp3) is 0.643. The number of sulfonamides is 1. The molecule has 0 aliphatic carbocycles. The summed E-state index contributed by atoms with van der Waals surface area (Å²) in [5.74, 6) is 0.357. The van der Waals surface area contributed by atoms with Gasteiger partial charge in [0.15, 0.2) is 0 Å². The zero-order valence-corrected chi connectivity index (χ0v) is 13.2. The molecule has 2 saturated heterocycles. The Kier molecular flexibility index (Phi) is 4.24. The first-order valence-corrected chi connectivity index (χ1v) is 9.13. The van der Waals surface area contributed by atoms with Gasteiger partial charge >= 0.3 is 0 Å². The molecular formula is C14H20N2O5S. The topological polar surface area (TPSA) is 88.8 Å². The van der Waals surface area contributed by atoms with Crippen LogP contribution in [0.15, 0.2) is 22.8 Å². The monoisotopic (exact) mass is 328 g/mol. The molecule has 3 atom stereocenters. The lowest BCUT2D eigenvalue weighted by molar-refractivity contribution is -0.133. The lowest BCUT2D eigenvalue weighted by Gasteiger charge is -2.31. The van der Waals surface area contributed by atoms with E-state index >= 15 is 0 Å². The van der Waals surface area contributed by atoms with Crippen molar-refractivity contribution in [2.24, 2.45) is 17.8 Å². The van der Waals surface area contributed by atoms with Crippen LogP contribution in [0.1, 0.15) is 5.76 Å². The zero-order valence-electron chi connectivity index (χ0n) is 12.4. The second kappa shape index (κ2) is 6.02. The van der Waals surface area contributed by atoms with E-state index in [0.29, 0.717) is 38.6 Å². The van der Waals surface area contributed by atoms with Crippen molar-refractivity contribution in [2.45, 2.75) is 6.54 Å². The van der Waals surface area contributed by atoms with Gasteiger partial charge in [-0.15, -0.1) is 0 Å². The molecule has 22 heavy (non-hydrogen) atoms. The highest BCUT2D eigenvalue weighted by atomic mass is 32.2. The van der Waals surface area contributed by atoms with Crippen LogP contribution in [0.25, 0.3) is 0 Å². The van der Waals surface area contributed by atoms with Crippen LogP contribution in [0.3, 0.4) is 0 Å². The van der Waals surface area contributed by atoms with E-state index in [2.05, 4.69) is 5.32 Å². The van der Waals surface area contributed by atoms with Crippen molar-refractivity contribution in [3.05, 3.63) is 24.2 Å². The molecule has 2 fully saturated rings. The first-order chi connectivity index (χ1) is 10.4. The number of nitrogens with one attached hydrogen (secondary N) is 1. The number of carbonyl (C=O) groups excluding carboxylic acids is 1. The average Bonchev–Trinajstić information content (AvgIpc) is 3.12. The molecule has 0 radical (unpaired) electrons. The van der Waals surface area contributed by atoms with E-state index in [-0.39, 0.29) is 23.7 Å². The second-order valence-electron chi connectivity index (χ2n) is 5.95. The summed E-state index contributed by atoms with van der Waals surface area (Å²) in [6.45, 7) is 2.01. The Morgan fingerprint density at radius 1 is 1.41 bits per heavy atom. The fourth-order valence-electron chi connectivity index (χ4n) is 3.22. The molecule has 1 amide bonds. The normalized spacial score (nSPS) is 29.2. The zero-order chi connectivity index (χ0) is 15.7. The standard InChI is InChI=1S/C14H20N2O5S/c1-22(18,19)16-6-10-8-20-9-13(12(10)7-16)14(17)15-5-11-3-2-4-21-11/h2-4,10,12-13H,5-9H2,1H3,(H,15,17)/t10-,12-,13+/m1/s1. The van der Waals surface area contributed by atoms with E-state index in [9.17, 15) is 13.2 Å². The molecule has 0 saturated carbocycles. The summed E-state index contributed by atoms with van der Waals surface area (Å²) in [7, 11) is -3.23. The van der Waals surface area contributed by atoms with Gasteiger partial charge in [0.2, 0.25) is 15.9 Å². The number of furan rings is 1. The van der Waals surface area contributed by atoms with Gasteiger partial charge in [0.05, 0.1) is 38.2 Å². The Labute approximate surface area is 129 Å². The number of ether oxygens (including phenoxy) is 1. The first-order valence-electron chi connectivity index (χ1n) is 7.28. The molecule has 3 rings (SSSR count). The molecule has 7 nitrogen and oxygen atoms in total. The number of nitrogens with zero attached hydrogens (tertiary/aromatic N) is 1. The van der Waals surface area contributed by atoms with Crippen LogP contribution in [-0.4, -0.2) is 51.2 Å². The van der Waals surface area contributed by atoms with Gasteiger partial charge in [0.25, 0.3) is 0 Å². The van der Waals surface area contributed by atoms with Crippen molar-refractivity contribution in [3.63, 3.8) is 0 Å². The van der Waals surface area contributed by atoms with Crippen molar-refractivity contribution in [3.8, 4) is 0 Å². The van der Waals surface area contributed by atoms with Gasteiger partial charge in [-0.3, -0.25) is 4.79 Å². The highest BCUT2D eigenvalue weighted by molar-refractivity contribution is 7.88. The first kappa shape index (κ1) is 15.5. The van der Waals surface area contributed by atoms with Gasteiger partial charge in [-0.1, -0.05) is 0 Å². The molecule has 2 aliphatic heterocycles. The van der Waals surface area contributed by atoms with Gasteiger partial charge < -0.3 is 14.5 Å². The highest BCUT2D eigenvalue weighted by Crippen LogP contribution is 2.35. The van der Waals surface area contributed by atoms with Crippen molar-refractivity contribution in [1.29, 1.82) is 0 Å². The van der Waals surface area contributed by atoms with Gasteiger partial charge in [0.1, 0.15) is 5.76 Å². The van der Waals surface area contributed by atoms with Gasteiger partial charge in [0, 0.05) is 19.0 Å². The van der Waals surface area contributed by atoms with Crippen LogP contribution < -0.4 is 5.32 Å². The lowest BCUT2D eigenvalue weighted by atomic mass is 9.82. The molecule has 8 heteroatoms. The van der Waals surface area contributed by atoms with E-state index in [4.69, 9.17) is 9.15 Å². The van der Waals surface area contributed by atoms with Crippen LogP contribution in [0.4, 0.5) is 0 Å². The second-order valence-corrected chi connectivity index (χ2v) is 7.93. The number of rotatable bonds is 4. The molecule has 122 valence electrons. The smallest absolute Gasteiger partial charge is 0.226 e. The van der Waals surface area contributed by atoms with Crippen molar-refractivity contribution < 1.29 is 22.4 Å². The van der Waals surface area contributed by atoms with E-state index in [1.54, 1.807) is 18.4 Å². The summed E-state index contributed by atoms with van der Waals surface area (Å²) in [6, 6.07) is 3.56. The molecule has 3 heterocycles. The largest absolute Gasteiger partial charge is 0.467 e. The maximum absolute atomic E-state index is 12.4. The highest BCUT2D eigenvalue weighted by Gasteiger charge is 2.46. The van der Waals surface area contributed by atoms with Crippen LogP contribution in [-0.2, 0) is 26.1 Å². The Bertz CT molecular complexity index is 628. The third-order valence-electron chi connectivity index (χ3n) is 4.43. The lowest BCUT2D eigenvalue weighted by Crippen LogP contribution is -2.44. The predicted molar refractivity (Wildman–Crippen MR) is 78.3 cm³/mol. The average molecular weight is 328 g/mol. The molecule has 2 aliphatic rings. The van der Waals surface area contributed by atoms with Gasteiger partial charge in [-0.2, -0.15) is 0 Å². The van der Waals surface area contributed by atoms with Crippen molar-refractivity contribution >= 4 is 15.9 Å². The summed E-state index contributed by atoms with van der Waals surface area (Å²) < 4.78 is 35.6. The van der Waals surface area contributed by atoms with E-state index in [0.717, 1.165) is 0 Å². The van der Waals surface area contributed by atoms with Crippen molar-refractivity contribution in [1.82, 2.24) is 9.62 Å². The number of carbonyl (C=O) groups is 1. The summed E-state index contributed by atoms with van der Waals surface area (Å²) in [5, 5.41) is 2.84. The Hall–Kier alpha value is -1.38. The fourth-order valence-corrected chi connectivity index (χ4v) is 4.12. The summed E-state index contributed by atoms with van der Waals surface area (Å²) >= 11 is 0. The SMILES string of the molecule is CS(=O)(=O)N1C[C@@H]2COC[C@H](C(=O)NCc3ccco3)[C@@H]2C1. The Morgan fingerprint density at radius 2 is 2.23 bits per heavy atom. The van der Waals surface area contributed by atoms with Crippen LogP contribution in [0.2, 0.25) is 0 Å². The molecule has 1 aromatic rings. The summed E-state index contributed by atoms with van der Waals surface area (Å²) in [5.41, 5.74) is 0. The minimum atomic E-state index is -3.23. The summed E-state index contributed by atoms with van der Waals surface area (Å²) in [6.07, 6.45) is 2.76. The molecule has 0 aromatic carbocycles. The van der Waals surface area contributed by atoms with Crippen molar-refractivity contribution in [2.75, 3.05) is 32.6 Å². The van der Waals surface area contributed by atoms with Crippen LogP contribution in [0, 0.1) is 17.8 Å². The maximum Gasteiger partial charge on any atom is 0.226 e. The van der Waals surface area contributed by atoms with Gasteiger partial charge in [-0.25, -0.2) is 12.7 Å². The molecular weight excluding hydrogens is 308 g/mol. The minimum absolute atomic E-state index is 0.0140. The number of hydrogen-bond donors (Lipinski definition) is 1. The molecule has 1 N–H and O–H groups in total. The predicted octanol–water partition coefficient (Wildman–Crippen LogP) is 0.0498. The van der Waals surface area contributed by atoms with Gasteiger partial charge in [-0.05, 0) is 18.1 Å². The Morgan fingerprint density at radius 3 is 2.91 bits per heavy atom. The number of amides is 1. The minimum Gasteiger partial charge on any atom is -0.467 e. The van der Waals surface area contributed by atoms with E-state index in [1.165, 1.54) is 10.6 Å². The number of fused-ring (bicyclic) bond motifs is 1. The van der Waals surface area contributed by atoms with E-state index in [1.807, 2.05) is 0 Å². The Balaban J connectivity index is 1.64. The van der Waals surface area contributed by atoms with Crippen LogP contribution in [0.5, 0.6) is 0 Å². The molecule has 1 aromatic heterocycles. The van der Waals surface area contributed by atoms with Crippen LogP contribution >= 0.6 is 0 Å². The van der Waals surface area contributed by atoms with E-state index < -0.39 is 10.0 Å². The molecule has 0 unspecified atom stereocenters. The maximum atomic E-state index is 12.4. The quantitative estimate of drug-likeness (QED) is 0.844. The third-order valence-corrected chi connectivity index (χ3v) is 5.66. The molecule has 0 spiro atoms. The summed E-state index contributed by atoms with van der Waals surface area (Å²) in [4.78, 5) is 12.4. The number of hydrogen-bond acceptors (Lipinski definition) is 5. The molecule has 0 bridgehead atoms.